The molecule has 1 aliphatic rings. The summed E-state index contributed by atoms with van der Waals surface area (Å²) < 4.78 is 9.04. The minimum Gasteiger partial charge on any atom is -0.379 e. The quantitative estimate of drug-likeness (QED) is 0.612. The number of rotatable bonds is 7. The monoisotopic (exact) mass is 397 g/mol. The van der Waals surface area contributed by atoms with Gasteiger partial charge in [0.25, 0.3) is 11.5 Å². The summed E-state index contributed by atoms with van der Waals surface area (Å²) in [4.78, 5) is 32.5. The largest absolute Gasteiger partial charge is 0.379 e. The zero-order chi connectivity index (χ0) is 20.2. The Balaban J connectivity index is 1.71. The van der Waals surface area contributed by atoms with Crippen LogP contribution >= 0.6 is 0 Å². The van der Waals surface area contributed by atoms with Crippen LogP contribution in [0.4, 0.5) is 0 Å². The van der Waals surface area contributed by atoms with Crippen LogP contribution in [0.25, 0.3) is 16.8 Å². The molecule has 1 amide bonds. The van der Waals surface area contributed by atoms with Crippen molar-refractivity contribution in [2.45, 2.75) is 26.3 Å². The van der Waals surface area contributed by atoms with E-state index >= 15 is 0 Å². The number of nitrogens with one attached hydrogen (secondary N) is 1. The summed E-state index contributed by atoms with van der Waals surface area (Å²) in [5.41, 5.74) is 1.46. The summed E-state index contributed by atoms with van der Waals surface area (Å²) in [6.07, 6.45) is 3.26. The Hall–Kier alpha value is -2.71. The summed E-state index contributed by atoms with van der Waals surface area (Å²) in [6.45, 7) is 7.50. The van der Waals surface area contributed by atoms with E-state index in [1.807, 2.05) is 24.3 Å². The van der Waals surface area contributed by atoms with Crippen LogP contribution in [0.1, 0.15) is 30.1 Å². The molecule has 0 atom stereocenters. The van der Waals surface area contributed by atoms with Crippen molar-refractivity contribution in [3.8, 4) is 0 Å². The Kier molecular flexibility index (Phi) is 5.92. The van der Waals surface area contributed by atoms with E-state index in [9.17, 15) is 9.59 Å². The fourth-order valence-electron chi connectivity index (χ4n) is 3.76. The highest BCUT2D eigenvalue weighted by molar-refractivity contribution is 5.94. The average Bonchev–Trinajstić information content (AvgIpc) is 3.07. The molecule has 0 spiro atoms. The Labute approximate surface area is 169 Å². The van der Waals surface area contributed by atoms with Gasteiger partial charge in [0.1, 0.15) is 5.56 Å². The maximum absolute atomic E-state index is 13.2. The van der Waals surface area contributed by atoms with Crippen molar-refractivity contribution in [3.63, 3.8) is 0 Å². The number of morpholine rings is 1. The first-order chi connectivity index (χ1) is 14.2. The van der Waals surface area contributed by atoms with E-state index in [1.54, 1.807) is 4.40 Å². The highest BCUT2D eigenvalue weighted by atomic mass is 16.5. The van der Waals surface area contributed by atoms with Gasteiger partial charge in [-0.15, -0.1) is 0 Å². The van der Waals surface area contributed by atoms with Gasteiger partial charge in [0.05, 0.1) is 24.2 Å². The van der Waals surface area contributed by atoms with Crippen LogP contribution in [0, 0.1) is 0 Å². The highest BCUT2D eigenvalue weighted by Crippen LogP contribution is 2.18. The van der Waals surface area contributed by atoms with Crippen LogP contribution < -0.4 is 10.9 Å². The Morgan fingerprint density at radius 1 is 1.17 bits per heavy atom. The zero-order valence-electron chi connectivity index (χ0n) is 16.8. The van der Waals surface area contributed by atoms with Crippen LogP contribution in [-0.2, 0) is 11.3 Å². The lowest BCUT2D eigenvalue weighted by Crippen LogP contribution is -2.38. The molecule has 1 N–H and O–H groups in total. The van der Waals surface area contributed by atoms with Gasteiger partial charge in [-0.25, -0.2) is 9.38 Å². The zero-order valence-corrected chi connectivity index (χ0v) is 16.8. The highest BCUT2D eigenvalue weighted by Gasteiger charge is 2.19. The molecule has 0 bridgehead atoms. The molecular formula is C21H27N5O3. The number of ether oxygens (including phenoxy) is 1. The average molecular weight is 397 g/mol. The standard InChI is InChI=1S/C21H27N5O3/c1-2-3-8-22-19(27)16-15-23-21-25(10-9-24-11-13-29-14-12-24)17-6-4-5-7-18(17)26(21)20(16)28/h4-7,15H,2-3,8-14H2,1H3,(H,22,27). The van der Waals surface area contributed by atoms with E-state index in [2.05, 4.69) is 26.7 Å². The molecule has 3 heterocycles. The normalized spacial score (nSPS) is 15.2. The van der Waals surface area contributed by atoms with Gasteiger partial charge in [-0.1, -0.05) is 25.5 Å². The van der Waals surface area contributed by atoms with Crippen molar-refractivity contribution in [3.05, 3.63) is 46.4 Å². The first-order valence-corrected chi connectivity index (χ1v) is 10.3. The molecule has 8 nitrogen and oxygen atoms in total. The molecule has 2 aromatic heterocycles. The number of amides is 1. The van der Waals surface area contributed by atoms with Gasteiger partial charge in [-0.3, -0.25) is 14.5 Å². The molecule has 4 rings (SSSR count). The Morgan fingerprint density at radius 3 is 2.69 bits per heavy atom. The maximum atomic E-state index is 13.2. The number of hydrogen-bond acceptors (Lipinski definition) is 5. The molecule has 154 valence electrons. The van der Waals surface area contributed by atoms with Crippen molar-refractivity contribution < 1.29 is 9.53 Å². The number of unbranched alkanes of at least 4 members (excludes halogenated alkanes) is 1. The van der Waals surface area contributed by atoms with Crippen LogP contribution in [0.2, 0.25) is 0 Å². The molecule has 0 saturated carbocycles. The molecule has 3 aromatic rings. The number of nitrogens with zero attached hydrogens (tertiary/aromatic N) is 4. The van der Waals surface area contributed by atoms with E-state index in [0.717, 1.165) is 56.7 Å². The molecular weight excluding hydrogens is 370 g/mol. The third-order valence-electron chi connectivity index (χ3n) is 5.40. The fraction of sp³-hybridized carbons (Fsp3) is 0.476. The molecule has 0 unspecified atom stereocenters. The Bertz CT molecular complexity index is 1070. The molecule has 0 radical (unpaired) electrons. The van der Waals surface area contributed by atoms with E-state index in [0.29, 0.717) is 18.9 Å². The second-order valence-electron chi connectivity index (χ2n) is 7.32. The number of carbonyl (C=O) groups excluding carboxylic acids is 1. The molecule has 1 saturated heterocycles. The van der Waals surface area contributed by atoms with Crippen molar-refractivity contribution in [1.82, 2.24) is 24.2 Å². The van der Waals surface area contributed by atoms with Crippen molar-refractivity contribution in [1.29, 1.82) is 0 Å². The van der Waals surface area contributed by atoms with Crippen molar-refractivity contribution in [2.75, 3.05) is 39.4 Å². The molecule has 0 aliphatic carbocycles. The molecule has 8 heteroatoms. The van der Waals surface area contributed by atoms with Gasteiger partial charge in [-0.05, 0) is 18.6 Å². The third-order valence-corrected chi connectivity index (χ3v) is 5.40. The summed E-state index contributed by atoms with van der Waals surface area (Å²) in [6, 6.07) is 7.74. The number of para-hydroxylation sites is 2. The Morgan fingerprint density at radius 2 is 1.93 bits per heavy atom. The van der Waals surface area contributed by atoms with Crippen molar-refractivity contribution >= 4 is 22.7 Å². The van der Waals surface area contributed by atoms with Gasteiger partial charge in [0.2, 0.25) is 5.78 Å². The minimum atomic E-state index is -0.365. The first kappa shape index (κ1) is 19.6. The number of benzene rings is 1. The predicted molar refractivity (Wildman–Crippen MR) is 111 cm³/mol. The minimum absolute atomic E-state index is 0.0784. The van der Waals surface area contributed by atoms with Crippen LogP contribution in [0.3, 0.4) is 0 Å². The summed E-state index contributed by atoms with van der Waals surface area (Å²) in [7, 11) is 0. The topological polar surface area (TPSA) is 80.9 Å². The van der Waals surface area contributed by atoms with E-state index in [1.165, 1.54) is 6.20 Å². The molecule has 1 aliphatic heterocycles. The van der Waals surface area contributed by atoms with Gasteiger partial charge >= 0.3 is 0 Å². The number of aromatic nitrogens is 3. The van der Waals surface area contributed by atoms with Gasteiger partial charge in [0.15, 0.2) is 0 Å². The fourth-order valence-corrected chi connectivity index (χ4v) is 3.76. The maximum Gasteiger partial charge on any atom is 0.272 e. The number of carbonyl (C=O) groups is 1. The van der Waals surface area contributed by atoms with E-state index in [4.69, 9.17) is 4.74 Å². The predicted octanol–water partition coefficient (Wildman–Crippen LogP) is 1.51. The second kappa shape index (κ2) is 8.75. The summed E-state index contributed by atoms with van der Waals surface area (Å²) in [5, 5.41) is 2.81. The third kappa shape index (κ3) is 3.90. The van der Waals surface area contributed by atoms with Gasteiger partial charge in [0, 0.05) is 38.9 Å². The number of imidazole rings is 1. The number of fused-ring (bicyclic) bond motifs is 3. The van der Waals surface area contributed by atoms with E-state index in [-0.39, 0.29) is 17.0 Å². The summed E-state index contributed by atoms with van der Waals surface area (Å²) >= 11 is 0. The van der Waals surface area contributed by atoms with Crippen molar-refractivity contribution in [2.24, 2.45) is 0 Å². The molecule has 1 aromatic carbocycles. The van der Waals surface area contributed by atoms with Crippen LogP contribution in [0.15, 0.2) is 35.3 Å². The first-order valence-electron chi connectivity index (χ1n) is 10.3. The lowest BCUT2D eigenvalue weighted by molar-refractivity contribution is 0.0366. The van der Waals surface area contributed by atoms with Crippen LogP contribution in [-0.4, -0.2) is 64.2 Å². The molecule has 1 fully saturated rings. The smallest absolute Gasteiger partial charge is 0.272 e. The SMILES string of the molecule is CCCCNC(=O)c1cnc2n(CCN3CCOCC3)c3ccccc3n2c1=O. The van der Waals surface area contributed by atoms with Gasteiger partial charge in [-0.2, -0.15) is 0 Å². The van der Waals surface area contributed by atoms with Crippen LogP contribution in [0.5, 0.6) is 0 Å². The van der Waals surface area contributed by atoms with E-state index < -0.39 is 0 Å². The van der Waals surface area contributed by atoms with Gasteiger partial charge < -0.3 is 14.6 Å². The molecule has 29 heavy (non-hydrogen) atoms. The summed E-state index contributed by atoms with van der Waals surface area (Å²) in [5.74, 6) is 0.199. The number of hydrogen-bond donors (Lipinski definition) is 1. The second-order valence-corrected chi connectivity index (χ2v) is 7.32. The lowest BCUT2D eigenvalue weighted by atomic mass is 10.3. The lowest BCUT2D eigenvalue weighted by Gasteiger charge is -2.26.